The van der Waals surface area contributed by atoms with E-state index in [1.165, 1.54) is 0 Å². The maximum Gasteiger partial charge on any atom is 0.211 e. The lowest BCUT2D eigenvalue weighted by Gasteiger charge is -2.07. The fourth-order valence-electron chi connectivity index (χ4n) is 1.11. The zero-order chi connectivity index (χ0) is 10.7. The van der Waals surface area contributed by atoms with E-state index in [0.29, 0.717) is 12.5 Å². The number of hydrogen-bond donors (Lipinski definition) is 1. The summed E-state index contributed by atoms with van der Waals surface area (Å²) in [6.45, 7) is 6.66. The molecule has 0 saturated carbocycles. The summed E-state index contributed by atoms with van der Waals surface area (Å²) in [6, 6.07) is 2.01. The molecule has 0 bridgehead atoms. The third-order valence-electron chi connectivity index (χ3n) is 1.94. The number of rotatable bonds is 4. The largest absolute Gasteiger partial charge is 0.476 e. The molecule has 0 aliphatic heterocycles. The van der Waals surface area contributed by atoms with Gasteiger partial charge >= 0.3 is 0 Å². The quantitative estimate of drug-likeness (QED) is 0.790. The first kappa shape index (κ1) is 11.0. The summed E-state index contributed by atoms with van der Waals surface area (Å²) < 4.78 is 7.25. The van der Waals surface area contributed by atoms with Crippen molar-refractivity contribution in [2.75, 3.05) is 6.61 Å². The van der Waals surface area contributed by atoms with Gasteiger partial charge in [-0.1, -0.05) is 13.8 Å². The van der Waals surface area contributed by atoms with Gasteiger partial charge in [-0.2, -0.15) is 5.10 Å². The molecule has 14 heavy (non-hydrogen) atoms. The van der Waals surface area contributed by atoms with Crippen molar-refractivity contribution in [3.05, 3.63) is 11.8 Å². The predicted octanol–water partition coefficient (Wildman–Crippen LogP) is 1.27. The Morgan fingerprint density at radius 3 is 2.57 bits per heavy atom. The molecular weight excluding hydrogens is 178 g/mol. The molecule has 1 aromatic heterocycles. The molecule has 4 nitrogen and oxygen atoms in total. The number of nitrogens with two attached hydrogens (primary N) is 1. The van der Waals surface area contributed by atoms with Crippen LogP contribution < -0.4 is 10.5 Å². The van der Waals surface area contributed by atoms with Gasteiger partial charge in [-0.15, -0.1) is 0 Å². The van der Waals surface area contributed by atoms with E-state index in [0.717, 1.165) is 11.6 Å². The molecule has 1 rings (SSSR count). The highest BCUT2D eigenvalue weighted by Crippen LogP contribution is 2.18. The second-order valence-electron chi connectivity index (χ2n) is 3.97. The van der Waals surface area contributed by atoms with Crippen LogP contribution in [0.1, 0.15) is 32.4 Å². The van der Waals surface area contributed by atoms with Crippen molar-refractivity contribution in [3.63, 3.8) is 0 Å². The second-order valence-corrected chi connectivity index (χ2v) is 3.97. The van der Waals surface area contributed by atoms with E-state index < -0.39 is 0 Å². The summed E-state index contributed by atoms with van der Waals surface area (Å²) in [5, 5.41) is 4.34. The Morgan fingerprint density at radius 2 is 2.14 bits per heavy atom. The van der Waals surface area contributed by atoms with Crippen LogP contribution in [0.25, 0.3) is 0 Å². The molecule has 1 atom stereocenters. The number of aromatic nitrogens is 2. The molecule has 0 spiro atoms. The smallest absolute Gasteiger partial charge is 0.211 e. The highest BCUT2D eigenvalue weighted by molar-refractivity contribution is 5.18. The third-order valence-corrected chi connectivity index (χ3v) is 1.94. The molecule has 1 aromatic rings. The summed E-state index contributed by atoms with van der Waals surface area (Å²) in [4.78, 5) is 0. The molecule has 4 heteroatoms. The van der Waals surface area contributed by atoms with Gasteiger partial charge in [0, 0.05) is 19.2 Å². The molecular formula is C10H19N3O. The predicted molar refractivity (Wildman–Crippen MR) is 56.4 cm³/mol. The molecule has 0 fully saturated rings. The van der Waals surface area contributed by atoms with E-state index in [9.17, 15) is 0 Å². The Kier molecular flexibility index (Phi) is 3.52. The van der Waals surface area contributed by atoms with Crippen molar-refractivity contribution in [3.8, 4) is 5.88 Å². The molecule has 2 N–H and O–H groups in total. The van der Waals surface area contributed by atoms with E-state index >= 15 is 0 Å². The molecule has 0 saturated heterocycles. The first-order chi connectivity index (χ1) is 6.50. The Hall–Kier alpha value is -1.03. The van der Waals surface area contributed by atoms with Gasteiger partial charge < -0.3 is 10.5 Å². The third kappa shape index (κ3) is 2.73. The number of hydrogen-bond acceptors (Lipinski definition) is 3. The zero-order valence-corrected chi connectivity index (χ0v) is 9.32. The minimum Gasteiger partial charge on any atom is -0.476 e. The Balaban J connectivity index is 2.67. The Bertz CT molecular complexity index is 292. The summed E-state index contributed by atoms with van der Waals surface area (Å²) in [7, 11) is 1.88. The van der Waals surface area contributed by atoms with E-state index in [2.05, 4.69) is 18.9 Å². The van der Waals surface area contributed by atoms with Crippen LogP contribution in [0.15, 0.2) is 6.07 Å². The maximum absolute atomic E-state index is 5.60. The van der Waals surface area contributed by atoms with Crippen LogP contribution in [-0.2, 0) is 7.05 Å². The van der Waals surface area contributed by atoms with Gasteiger partial charge in [-0.05, 0) is 12.8 Å². The molecule has 0 aliphatic carbocycles. The van der Waals surface area contributed by atoms with Crippen LogP contribution >= 0.6 is 0 Å². The van der Waals surface area contributed by atoms with Crippen molar-refractivity contribution >= 4 is 0 Å². The lowest BCUT2D eigenvalue weighted by Crippen LogP contribution is -2.24. The highest BCUT2D eigenvalue weighted by atomic mass is 16.5. The van der Waals surface area contributed by atoms with E-state index in [1.54, 1.807) is 4.68 Å². The average molecular weight is 197 g/mol. The molecule has 0 aliphatic rings. The summed E-state index contributed by atoms with van der Waals surface area (Å²) in [5.74, 6) is 1.21. The fourth-order valence-corrected chi connectivity index (χ4v) is 1.11. The monoisotopic (exact) mass is 197 g/mol. The van der Waals surface area contributed by atoms with Gasteiger partial charge in [0.05, 0.1) is 5.69 Å². The van der Waals surface area contributed by atoms with Crippen molar-refractivity contribution in [1.82, 2.24) is 9.78 Å². The van der Waals surface area contributed by atoms with E-state index in [-0.39, 0.29) is 6.04 Å². The fraction of sp³-hybridized carbons (Fsp3) is 0.700. The number of aryl methyl sites for hydroxylation is 1. The van der Waals surface area contributed by atoms with Gasteiger partial charge in [0.2, 0.25) is 5.88 Å². The maximum atomic E-state index is 5.60. The van der Waals surface area contributed by atoms with Crippen LogP contribution in [0, 0.1) is 0 Å². The van der Waals surface area contributed by atoms with Crippen molar-refractivity contribution < 1.29 is 4.74 Å². The van der Waals surface area contributed by atoms with Crippen molar-refractivity contribution in [2.45, 2.75) is 32.7 Å². The van der Waals surface area contributed by atoms with Crippen LogP contribution in [0.2, 0.25) is 0 Å². The lowest BCUT2D eigenvalue weighted by atomic mass is 10.1. The van der Waals surface area contributed by atoms with Crippen LogP contribution in [0.5, 0.6) is 5.88 Å². The summed E-state index contributed by atoms with van der Waals surface area (Å²) in [6.07, 6.45) is 0. The van der Waals surface area contributed by atoms with Crippen LogP contribution in [-0.4, -0.2) is 22.4 Å². The molecule has 1 unspecified atom stereocenters. The summed E-state index contributed by atoms with van der Waals surface area (Å²) >= 11 is 0. The van der Waals surface area contributed by atoms with Crippen molar-refractivity contribution in [1.29, 1.82) is 0 Å². The van der Waals surface area contributed by atoms with E-state index in [4.69, 9.17) is 10.5 Å². The van der Waals surface area contributed by atoms with Gasteiger partial charge in [0.25, 0.3) is 0 Å². The number of ether oxygens (including phenoxy) is 1. The second kappa shape index (κ2) is 4.46. The summed E-state index contributed by atoms with van der Waals surface area (Å²) in [5.41, 5.74) is 6.65. The Labute approximate surface area is 85.0 Å². The molecule has 1 heterocycles. The van der Waals surface area contributed by atoms with Gasteiger partial charge in [0.15, 0.2) is 0 Å². The van der Waals surface area contributed by atoms with Crippen LogP contribution in [0.3, 0.4) is 0 Å². The number of nitrogens with zero attached hydrogens (tertiary/aromatic N) is 2. The minimum atomic E-state index is 0.0485. The first-order valence-electron chi connectivity index (χ1n) is 4.93. The zero-order valence-electron chi connectivity index (χ0n) is 9.32. The molecule has 0 aromatic carbocycles. The highest BCUT2D eigenvalue weighted by Gasteiger charge is 2.09. The van der Waals surface area contributed by atoms with Gasteiger partial charge in [-0.25, -0.2) is 4.68 Å². The SMILES string of the molecule is CC(N)COc1cc(C(C)C)nn1C. The normalized spacial score (nSPS) is 13.3. The Morgan fingerprint density at radius 1 is 1.50 bits per heavy atom. The van der Waals surface area contributed by atoms with Gasteiger partial charge in [-0.3, -0.25) is 0 Å². The van der Waals surface area contributed by atoms with E-state index in [1.807, 2.05) is 20.0 Å². The van der Waals surface area contributed by atoms with Crippen molar-refractivity contribution in [2.24, 2.45) is 12.8 Å². The average Bonchev–Trinajstić information content (AvgIpc) is 2.43. The standard InChI is InChI=1S/C10H19N3O/c1-7(2)9-5-10(13(4)12-9)14-6-8(3)11/h5,7-8H,6,11H2,1-4H3. The molecule has 0 amide bonds. The van der Waals surface area contributed by atoms with Gasteiger partial charge in [0.1, 0.15) is 6.61 Å². The molecule has 80 valence electrons. The minimum absolute atomic E-state index is 0.0485. The topological polar surface area (TPSA) is 53.1 Å². The molecule has 0 radical (unpaired) electrons. The lowest BCUT2D eigenvalue weighted by molar-refractivity contribution is 0.272. The first-order valence-corrected chi connectivity index (χ1v) is 4.93. The van der Waals surface area contributed by atoms with Crippen LogP contribution in [0.4, 0.5) is 0 Å².